The summed E-state index contributed by atoms with van der Waals surface area (Å²) in [4.78, 5) is 16.3. The van der Waals surface area contributed by atoms with E-state index in [1.165, 1.54) is 0 Å². The molecule has 2 aromatic rings. The molecule has 0 bridgehead atoms. The molecule has 19 heavy (non-hydrogen) atoms. The van der Waals surface area contributed by atoms with Crippen molar-refractivity contribution < 1.29 is 4.79 Å². The van der Waals surface area contributed by atoms with E-state index in [4.69, 9.17) is 0 Å². The Morgan fingerprint density at radius 3 is 2.89 bits per heavy atom. The van der Waals surface area contributed by atoms with Crippen molar-refractivity contribution >= 4 is 17.4 Å². The summed E-state index contributed by atoms with van der Waals surface area (Å²) in [6.07, 6.45) is 5.89. The Hall–Kier alpha value is -2.37. The van der Waals surface area contributed by atoms with Gasteiger partial charge in [-0.1, -0.05) is 6.92 Å². The van der Waals surface area contributed by atoms with Crippen molar-refractivity contribution in [3.63, 3.8) is 0 Å². The fourth-order valence-electron chi connectivity index (χ4n) is 1.67. The van der Waals surface area contributed by atoms with E-state index in [2.05, 4.69) is 27.6 Å². The molecule has 0 spiro atoms. The number of amides is 1. The first kappa shape index (κ1) is 13.1. The van der Waals surface area contributed by atoms with Gasteiger partial charge < -0.3 is 10.6 Å². The Kier molecular flexibility index (Phi) is 4.12. The van der Waals surface area contributed by atoms with Gasteiger partial charge in [-0.15, -0.1) is 0 Å². The van der Waals surface area contributed by atoms with E-state index in [1.54, 1.807) is 42.5 Å². The van der Waals surface area contributed by atoms with Crippen LogP contribution in [0.3, 0.4) is 0 Å². The Labute approximate surface area is 111 Å². The van der Waals surface area contributed by atoms with E-state index in [0.717, 1.165) is 18.7 Å². The summed E-state index contributed by atoms with van der Waals surface area (Å²) in [7, 11) is 1.78. The molecule has 2 rings (SSSR count). The van der Waals surface area contributed by atoms with Gasteiger partial charge in [-0.3, -0.25) is 14.5 Å². The summed E-state index contributed by atoms with van der Waals surface area (Å²) in [6.45, 7) is 2.87. The van der Waals surface area contributed by atoms with Crippen LogP contribution in [-0.2, 0) is 7.05 Å². The first-order valence-electron chi connectivity index (χ1n) is 6.19. The maximum absolute atomic E-state index is 12.2. The summed E-state index contributed by atoms with van der Waals surface area (Å²) in [5.74, 6) is 0.479. The molecule has 0 fully saturated rings. The molecule has 2 N–H and O–H groups in total. The SMILES string of the molecule is CCCNc1cnccc1C(=O)Nc1ccnn1C. The molecule has 6 nitrogen and oxygen atoms in total. The number of hydrogen-bond acceptors (Lipinski definition) is 4. The zero-order valence-corrected chi connectivity index (χ0v) is 11.1. The molecular formula is C13H17N5O. The van der Waals surface area contributed by atoms with Crippen LogP contribution in [0.5, 0.6) is 0 Å². The maximum atomic E-state index is 12.2. The lowest BCUT2D eigenvalue weighted by molar-refractivity contribution is 0.102. The molecular weight excluding hydrogens is 242 g/mol. The zero-order chi connectivity index (χ0) is 13.7. The topological polar surface area (TPSA) is 71.8 Å². The highest BCUT2D eigenvalue weighted by Crippen LogP contribution is 2.15. The second-order valence-electron chi connectivity index (χ2n) is 4.14. The van der Waals surface area contributed by atoms with Crippen molar-refractivity contribution in [3.8, 4) is 0 Å². The van der Waals surface area contributed by atoms with Gasteiger partial charge in [0.1, 0.15) is 5.82 Å². The van der Waals surface area contributed by atoms with E-state index in [0.29, 0.717) is 11.4 Å². The maximum Gasteiger partial charge on any atom is 0.259 e. The highest BCUT2D eigenvalue weighted by atomic mass is 16.1. The standard InChI is InChI=1S/C13H17N5O/c1-3-6-15-11-9-14-7-4-10(11)13(19)17-12-5-8-16-18(12)2/h4-5,7-9,15H,3,6H2,1-2H3,(H,17,19). The average molecular weight is 259 g/mol. The molecule has 0 atom stereocenters. The molecule has 0 aliphatic rings. The van der Waals surface area contributed by atoms with Gasteiger partial charge in [-0.05, 0) is 12.5 Å². The summed E-state index contributed by atoms with van der Waals surface area (Å²) >= 11 is 0. The van der Waals surface area contributed by atoms with Gasteiger partial charge in [-0.2, -0.15) is 5.10 Å². The highest BCUT2D eigenvalue weighted by Gasteiger charge is 2.12. The molecule has 2 aromatic heterocycles. The summed E-state index contributed by atoms with van der Waals surface area (Å²) in [5.41, 5.74) is 1.31. The minimum Gasteiger partial charge on any atom is -0.383 e. The van der Waals surface area contributed by atoms with Gasteiger partial charge in [0.15, 0.2) is 0 Å². The molecule has 0 unspecified atom stereocenters. The van der Waals surface area contributed by atoms with Gasteiger partial charge in [0, 0.05) is 25.9 Å². The first-order valence-corrected chi connectivity index (χ1v) is 6.19. The van der Waals surface area contributed by atoms with E-state index >= 15 is 0 Å². The van der Waals surface area contributed by atoms with Crippen LogP contribution >= 0.6 is 0 Å². The third-order valence-corrected chi connectivity index (χ3v) is 2.69. The predicted molar refractivity (Wildman–Crippen MR) is 74.2 cm³/mol. The normalized spacial score (nSPS) is 10.2. The van der Waals surface area contributed by atoms with Gasteiger partial charge in [-0.25, -0.2) is 0 Å². The van der Waals surface area contributed by atoms with Crippen LogP contribution in [0, 0.1) is 0 Å². The molecule has 0 aliphatic carbocycles. The Morgan fingerprint density at radius 1 is 1.37 bits per heavy atom. The quantitative estimate of drug-likeness (QED) is 0.860. The van der Waals surface area contributed by atoms with Crippen LogP contribution in [0.2, 0.25) is 0 Å². The predicted octanol–water partition coefficient (Wildman–Crippen LogP) is 1.89. The van der Waals surface area contributed by atoms with Gasteiger partial charge in [0.25, 0.3) is 5.91 Å². The smallest absolute Gasteiger partial charge is 0.259 e. The van der Waals surface area contributed by atoms with Crippen LogP contribution < -0.4 is 10.6 Å². The number of aromatic nitrogens is 3. The number of hydrogen-bond donors (Lipinski definition) is 2. The van der Waals surface area contributed by atoms with Crippen molar-refractivity contribution in [1.29, 1.82) is 0 Å². The zero-order valence-electron chi connectivity index (χ0n) is 11.1. The van der Waals surface area contributed by atoms with Gasteiger partial charge >= 0.3 is 0 Å². The number of nitrogens with zero attached hydrogens (tertiary/aromatic N) is 3. The molecule has 6 heteroatoms. The number of anilines is 2. The number of pyridine rings is 1. The highest BCUT2D eigenvalue weighted by molar-refractivity contribution is 6.07. The first-order chi connectivity index (χ1) is 9.22. The van der Waals surface area contributed by atoms with E-state index < -0.39 is 0 Å². The number of carbonyl (C=O) groups is 1. The molecule has 0 aliphatic heterocycles. The third kappa shape index (κ3) is 3.09. The summed E-state index contributed by atoms with van der Waals surface area (Å²) in [5, 5.41) is 10.0. The second-order valence-corrected chi connectivity index (χ2v) is 4.14. The molecule has 0 saturated carbocycles. The number of aryl methyl sites for hydroxylation is 1. The molecule has 2 heterocycles. The minimum atomic E-state index is -0.176. The van der Waals surface area contributed by atoms with E-state index in [1.807, 2.05) is 0 Å². The van der Waals surface area contributed by atoms with Gasteiger partial charge in [0.05, 0.1) is 23.6 Å². The van der Waals surface area contributed by atoms with Crippen LogP contribution in [-0.4, -0.2) is 27.2 Å². The third-order valence-electron chi connectivity index (χ3n) is 2.69. The van der Waals surface area contributed by atoms with Crippen molar-refractivity contribution in [2.75, 3.05) is 17.2 Å². The summed E-state index contributed by atoms with van der Waals surface area (Å²) in [6, 6.07) is 3.45. The molecule has 100 valence electrons. The van der Waals surface area contributed by atoms with Crippen LogP contribution in [0.4, 0.5) is 11.5 Å². The fraction of sp³-hybridized carbons (Fsp3) is 0.308. The van der Waals surface area contributed by atoms with Gasteiger partial charge in [0.2, 0.25) is 0 Å². The van der Waals surface area contributed by atoms with Crippen molar-refractivity contribution in [2.24, 2.45) is 7.05 Å². The molecule has 1 amide bonds. The fourth-order valence-corrected chi connectivity index (χ4v) is 1.67. The average Bonchev–Trinajstić information content (AvgIpc) is 2.82. The Morgan fingerprint density at radius 2 is 2.21 bits per heavy atom. The van der Waals surface area contributed by atoms with E-state index in [9.17, 15) is 4.79 Å². The minimum absolute atomic E-state index is 0.176. The second kappa shape index (κ2) is 5.99. The molecule has 0 radical (unpaired) electrons. The van der Waals surface area contributed by atoms with Crippen LogP contribution in [0.25, 0.3) is 0 Å². The van der Waals surface area contributed by atoms with Crippen LogP contribution in [0.15, 0.2) is 30.7 Å². The lowest BCUT2D eigenvalue weighted by Gasteiger charge is -2.11. The summed E-state index contributed by atoms with van der Waals surface area (Å²) < 4.78 is 1.61. The molecule has 0 aromatic carbocycles. The monoisotopic (exact) mass is 259 g/mol. The Bertz CT molecular complexity index is 564. The number of carbonyl (C=O) groups excluding carboxylic acids is 1. The van der Waals surface area contributed by atoms with Crippen LogP contribution in [0.1, 0.15) is 23.7 Å². The lowest BCUT2D eigenvalue weighted by Crippen LogP contribution is -2.17. The van der Waals surface area contributed by atoms with E-state index in [-0.39, 0.29) is 5.91 Å². The lowest BCUT2D eigenvalue weighted by atomic mass is 10.2. The number of rotatable bonds is 5. The van der Waals surface area contributed by atoms with Crippen molar-refractivity contribution in [2.45, 2.75) is 13.3 Å². The van der Waals surface area contributed by atoms with Crippen molar-refractivity contribution in [1.82, 2.24) is 14.8 Å². The molecule has 0 saturated heterocycles. The largest absolute Gasteiger partial charge is 0.383 e. The number of nitrogens with one attached hydrogen (secondary N) is 2. The van der Waals surface area contributed by atoms with Crippen molar-refractivity contribution in [3.05, 3.63) is 36.3 Å². The Balaban J connectivity index is 2.17.